The second-order valence-electron chi connectivity index (χ2n) is 4.48. The van der Waals surface area contributed by atoms with Gasteiger partial charge in [-0.15, -0.1) is 0 Å². The van der Waals surface area contributed by atoms with Gasteiger partial charge < -0.3 is 10.2 Å². The van der Waals surface area contributed by atoms with Gasteiger partial charge in [-0.1, -0.05) is 6.92 Å². The number of rotatable bonds is 6. The number of thioether (sulfide) groups is 1. The zero-order chi connectivity index (χ0) is 12.0. The highest BCUT2D eigenvalue weighted by atomic mass is 32.2. The summed E-state index contributed by atoms with van der Waals surface area (Å²) in [6.07, 6.45) is 2.33. The standard InChI is InChI=1S/C12H24N2OS/c1-4-16-9-10(2)13-11(3)12(15)14-7-5-6-8-14/h10-11,13H,4-9H2,1-3H3. The lowest BCUT2D eigenvalue weighted by Gasteiger charge is -2.24. The average molecular weight is 244 g/mol. The van der Waals surface area contributed by atoms with Crippen molar-refractivity contribution in [3.63, 3.8) is 0 Å². The van der Waals surface area contributed by atoms with Crippen molar-refractivity contribution in [3.05, 3.63) is 0 Å². The third-order valence-corrected chi connectivity index (χ3v) is 4.04. The Balaban J connectivity index is 2.27. The fraction of sp³-hybridized carbons (Fsp3) is 0.917. The minimum absolute atomic E-state index is 0.0365. The zero-order valence-electron chi connectivity index (χ0n) is 10.7. The van der Waals surface area contributed by atoms with Crippen LogP contribution in [-0.2, 0) is 4.79 Å². The van der Waals surface area contributed by atoms with Crippen LogP contribution in [0.1, 0.15) is 33.6 Å². The minimum atomic E-state index is -0.0365. The van der Waals surface area contributed by atoms with E-state index in [2.05, 4.69) is 19.2 Å². The molecule has 1 saturated heterocycles. The Hall–Kier alpha value is -0.220. The summed E-state index contributed by atoms with van der Waals surface area (Å²) in [6.45, 7) is 8.19. The second-order valence-corrected chi connectivity index (χ2v) is 5.80. The molecule has 0 saturated carbocycles. The lowest BCUT2D eigenvalue weighted by atomic mass is 10.2. The van der Waals surface area contributed by atoms with Gasteiger partial charge in [-0.3, -0.25) is 4.79 Å². The summed E-state index contributed by atoms with van der Waals surface area (Å²) in [7, 11) is 0. The van der Waals surface area contributed by atoms with Crippen molar-refractivity contribution in [3.8, 4) is 0 Å². The third-order valence-electron chi connectivity index (χ3n) is 2.89. The first-order valence-corrected chi connectivity index (χ1v) is 7.43. The summed E-state index contributed by atoms with van der Waals surface area (Å²) in [5.41, 5.74) is 0. The van der Waals surface area contributed by atoms with Crippen LogP contribution in [0.5, 0.6) is 0 Å². The van der Waals surface area contributed by atoms with Crippen molar-refractivity contribution < 1.29 is 4.79 Å². The molecule has 1 amide bonds. The van der Waals surface area contributed by atoms with Crippen LogP contribution in [-0.4, -0.2) is 47.5 Å². The highest BCUT2D eigenvalue weighted by Crippen LogP contribution is 2.09. The first-order valence-electron chi connectivity index (χ1n) is 6.27. The van der Waals surface area contributed by atoms with E-state index in [1.54, 1.807) is 0 Å². The molecule has 16 heavy (non-hydrogen) atoms. The molecule has 0 bridgehead atoms. The van der Waals surface area contributed by atoms with Gasteiger partial charge >= 0.3 is 0 Å². The average Bonchev–Trinajstić information content (AvgIpc) is 2.78. The Morgan fingerprint density at radius 3 is 2.56 bits per heavy atom. The predicted molar refractivity (Wildman–Crippen MR) is 70.9 cm³/mol. The number of carbonyl (C=O) groups excluding carboxylic acids is 1. The summed E-state index contributed by atoms with van der Waals surface area (Å²) in [5.74, 6) is 2.49. The number of amides is 1. The van der Waals surface area contributed by atoms with E-state index >= 15 is 0 Å². The van der Waals surface area contributed by atoms with E-state index in [-0.39, 0.29) is 11.9 Å². The molecule has 1 fully saturated rings. The molecular weight excluding hydrogens is 220 g/mol. The van der Waals surface area contributed by atoms with Gasteiger partial charge in [-0.25, -0.2) is 0 Å². The maximum absolute atomic E-state index is 12.0. The van der Waals surface area contributed by atoms with Crippen LogP contribution < -0.4 is 5.32 Å². The number of hydrogen-bond acceptors (Lipinski definition) is 3. The van der Waals surface area contributed by atoms with Crippen LogP contribution in [0.2, 0.25) is 0 Å². The predicted octanol–water partition coefficient (Wildman–Crippen LogP) is 1.73. The molecule has 1 aliphatic heterocycles. The fourth-order valence-electron chi connectivity index (χ4n) is 2.05. The van der Waals surface area contributed by atoms with Crippen LogP contribution >= 0.6 is 11.8 Å². The molecule has 0 aliphatic carbocycles. The summed E-state index contributed by atoms with van der Waals surface area (Å²) in [4.78, 5) is 14.0. The van der Waals surface area contributed by atoms with Crippen LogP contribution in [0, 0.1) is 0 Å². The van der Waals surface area contributed by atoms with E-state index in [1.807, 2.05) is 23.6 Å². The lowest BCUT2D eigenvalue weighted by Crippen LogP contribution is -2.47. The Morgan fingerprint density at radius 1 is 1.38 bits per heavy atom. The number of nitrogens with zero attached hydrogens (tertiary/aromatic N) is 1. The van der Waals surface area contributed by atoms with Gasteiger partial charge in [-0.05, 0) is 32.4 Å². The first-order chi connectivity index (χ1) is 7.65. The van der Waals surface area contributed by atoms with Crippen LogP contribution in [0.4, 0.5) is 0 Å². The van der Waals surface area contributed by atoms with E-state index < -0.39 is 0 Å². The van der Waals surface area contributed by atoms with Crippen molar-refractivity contribution in [2.75, 3.05) is 24.6 Å². The van der Waals surface area contributed by atoms with E-state index in [4.69, 9.17) is 0 Å². The third kappa shape index (κ3) is 4.34. The lowest BCUT2D eigenvalue weighted by molar-refractivity contribution is -0.132. The van der Waals surface area contributed by atoms with Crippen LogP contribution in [0.15, 0.2) is 0 Å². The molecule has 2 unspecified atom stereocenters. The van der Waals surface area contributed by atoms with E-state index in [0.717, 1.165) is 24.6 Å². The smallest absolute Gasteiger partial charge is 0.239 e. The topological polar surface area (TPSA) is 32.3 Å². The highest BCUT2D eigenvalue weighted by Gasteiger charge is 2.23. The zero-order valence-corrected chi connectivity index (χ0v) is 11.5. The molecule has 0 aromatic carbocycles. The molecule has 0 spiro atoms. The van der Waals surface area contributed by atoms with Gasteiger partial charge in [0.05, 0.1) is 6.04 Å². The van der Waals surface area contributed by atoms with Gasteiger partial charge in [0.25, 0.3) is 0 Å². The largest absolute Gasteiger partial charge is 0.341 e. The van der Waals surface area contributed by atoms with Crippen molar-refractivity contribution in [1.82, 2.24) is 10.2 Å². The Morgan fingerprint density at radius 2 is 2.00 bits per heavy atom. The molecule has 4 heteroatoms. The molecule has 0 aromatic heterocycles. The molecule has 0 radical (unpaired) electrons. The van der Waals surface area contributed by atoms with Crippen LogP contribution in [0.25, 0.3) is 0 Å². The van der Waals surface area contributed by atoms with Gasteiger partial charge in [-0.2, -0.15) is 11.8 Å². The monoisotopic (exact) mass is 244 g/mol. The SMILES string of the molecule is CCSCC(C)NC(C)C(=O)N1CCCC1. The first kappa shape index (κ1) is 13.8. The Bertz CT molecular complexity index is 217. The summed E-state index contributed by atoms with van der Waals surface area (Å²) in [6, 6.07) is 0.372. The summed E-state index contributed by atoms with van der Waals surface area (Å²) < 4.78 is 0. The number of nitrogens with one attached hydrogen (secondary N) is 1. The molecule has 2 atom stereocenters. The molecule has 3 nitrogen and oxygen atoms in total. The van der Waals surface area contributed by atoms with Gasteiger partial charge in [0, 0.05) is 24.9 Å². The second kappa shape index (κ2) is 7.17. The van der Waals surface area contributed by atoms with Gasteiger partial charge in [0.15, 0.2) is 0 Å². The van der Waals surface area contributed by atoms with Gasteiger partial charge in [0.1, 0.15) is 0 Å². The molecule has 1 rings (SSSR count). The Kier molecular flexibility index (Phi) is 6.21. The molecule has 1 N–H and O–H groups in total. The molecule has 1 aliphatic rings. The summed E-state index contributed by atoms with van der Waals surface area (Å²) in [5, 5.41) is 3.38. The fourth-order valence-corrected chi connectivity index (χ4v) is 2.74. The highest BCUT2D eigenvalue weighted by molar-refractivity contribution is 7.99. The van der Waals surface area contributed by atoms with Gasteiger partial charge in [0.2, 0.25) is 5.91 Å². The van der Waals surface area contributed by atoms with Crippen molar-refractivity contribution in [2.45, 2.75) is 45.7 Å². The minimum Gasteiger partial charge on any atom is -0.341 e. The van der Waals surface area contributed by atoms with Crippen molar-refractivity contribution in [1.29, 1.82) is 0 Å². The van der Waals surface area contributed by atoms with Crippen LogP contribution in [0.3, 0.4) is 0 Å². The molecule has 94 valence electrons. The maximum Gasteiger partial charge on any atom is 0.239 e. The molecule has 1 heterocycles. The van der Waals surface area contributed by atoms with Crippen molar-refractivity contribution >= 4 is 17.7 Å². The van der Waals surface area contributed by atoms with E-state index in [9.17, 15) is 4.79 Å². The normalized spacial score (nSPS) is 19.8. The quantitative estimate of drug-likeness (QED) is 0.772. The Labute approximate surface area is 103 Å². The van der Waals surface area contributed by atoms with Crippen molar-refractivity contribution in [2.24, 2.45) is 0 Å². The molecular formula is C12H24N2OS. The number of likely N-dealkylation sites (tertiary alicyclic amines) is 1. The number of carbonyl (C=O) groups is 1. The van der Waals surface area contributed by atoms with E-state index in [1.165, 1.54) is 12.8 Å². The van der Waals surface area contributed by atoms with E-state index in [0.29, 0.717) is 6.04 Å². The number of hydrogen-bond donors (Lipinski definition) is 1. The summed E-state index contributed by atoms with van der Waals surface area (Å²) >= 11 is 1.91. The maximum atomic E-state index is 12.0. The molecule has 0 aromatic rings.